The molecule has 0 aliphatic carbocycles. The molecule has 3 rings (SSSR count). The predicted octanol–water partition coefficient (Wildman–Crippen LogP) is 4.33. The summed E-state index contributed by atoms with van der Waals surface area (Å²) >= 11 is 3.34. The molecule has 2 heterocycles. The van der Waals surface area contributed by atoms with E-state index >= 15 is 0 Å². The van der Waals surface area contributed by atoms with Gasteiger partial charge in [-0.3, -0.25) is 4.57 Å². The highest BCUT2D eigenvalue weighted by Gasteiger charge is 2.16. The molecule has 0 saturated heterocycles. The first-order valence-corrected chi connectivity index (χ1v) is 8.24. The third-order valence-corrected chi connectivity index (χ3v) is 4.56. The summed E-state index contributed by atoms with van der Waals surface area (Å²) in [6.07, 6.45) is 3.95. The second-order valence-electron chi connectivity index (χ2n) is 4.11. The number of ether oxygens (including phenoxy) is 1. The molecule has 5 heteroatoms. The molecular weight excluding hydrogens is 288 g/mol. The van der Waals surface area contributed by atoms with Gasteiger partial charge in [0.25, 0.3) is 0 Å². The molecule has 0 N–H and O–H groups in total. The maximum absolute atomic E-state index is 5.49. The van der Waals surface area contributed by atoms with Crippen molar-refractivity contribution < 1.29 is 4.74 Å². The number of thioether (sulfide) groups is 1. The van der Waals surface area contributed by atoms with Crippen LogP contribution >= 0.6 is 23.1 Å². The summed E-state index contributed by atoms with van der Waals surface area (Å²) in [4.78, 5) is 5.72. The zero-order valence-corrected chi connectivity index (χ0v) is 12.9. The van der Waals surface area contributed by atoms with Gasteiger partial charge in [0.2, 0.25) is 0 Å². The Hall–Kier alpha value is -1.72. The van der Waals surface area contributed by atoms with Crippen LogP contribution in [0.3, 0.4) is 0 Å². The van der Waals surface area contributed by atoms with Crippen molar-refractivity contribution in [2.45, 2.75) is 5.16 Å². The molecule has 0 fully saturated rings. The van der Waals surface area contributed by atoms with E-state index in [0.29, 0.717) is 0 Å². The van der Waals surface area contributed by atoms with Gasteiger partial charge in [-0.15, -0.1) is 11.3 Å². The third kappa shape index (κ3) is 2.23. The van der Waals surface area contributed by atoms with Crippen LogP contribution < -0.4 is 4.74 Å². The largest absolute Gasteiger partial charge is 0.495 e. The van der Waals surface area contributed by atoms with Gasteiger partial charge in [-0.05, 0) is 29.8 Å². The summed E-state index contributed by atoms with van der Waals surface area (Å²) < 4.78 is 7.63. The van der Waals surface area contributed by atoms with Gasteiger partial charge in [0, 0.05) is 0 Å². The highest BCUT2D eigenvalue weighted by molar-refractivity contribution is 7.98. The molecule has 102 valence electrons. The molecule has 0 aliphatic heterocycles. The first-order valence-electron chi connectivity index (χ1n) is 6.14. The Balaban J connectivity index is 2.24. The van der Waals surface area contributed by atoms with Crippen molar-refractivity contribution >= 4 is 23.1 Å². The van der Waals surface area contributed by atoms with Gasteiger partial charge in [-0.1, -0.05) is 30.0 Å². The molecule has 0 aliphatic rings. The minimum atomic E-state index is 0.846. The Morgan fingerprint density at radius 3 is 2.75 bits per heavy atom. The van der Waals surface area contributed by atoms with Gasteiger partial charge in [0.1, 0.15) is 5.75 Å². The fourth-order valence-corrected chi connectivity index (χ4v) is 3.39. The van der Waals surface area contributed by atoms with E-state index in [1.807, 2.05) is 30.7 Å². The zero-order chi connectivity index (χ0) is 13.9. The van der Waals surface area contributed by atoms with Crippen LogP contribution in [0.1, 0.15) is 0 Å². The summed E-state index contributed by atoms with van der Waals surface area (Å²) in [5.41, 5.74) is 2.11. The van der Waals surface area contributed by atoms with E-state index in [2.05, 4.69) is 33.1 Å². The van der Waals surface area contributed by atoms with Crippen LogP contribution in [-0.2, 0) is 0 Å². The predicted molar refractivity (Wildman–Crippen MR) is 85.2 cm³/mol. The van der Waals surface area contributed by atoms with Gasteiger partial charge in [-0.25, -0.2) is 4.98 Å². The quantitative estimate of drug-likeness (QED) is 0.671. The van der Waals surface area contributed by atoms with Crippen LogP contribution in [0.25, 0.3) is 16.3 Å². The SMILES string of the molecule is COc1ccccc1-n1c(-c2cccs2)cnc1SC. The molecule has 0 bridgehead atoms. The van der Waals surface area contributed by atoms with Crippen LogP contribution in [0.5, 0.6) is 5.75 Å². The Bertz CT molecular complexity index is 704. The summed E-state index contributed by atoms with van der Waals surface area (Å²) in [6.45, 7) is 0. The van der Waals surface area contributed by atoms with Crippen molar-refractivity contribution in [2.24, 2.45) is 0 Å². The van der Waals surface area contributed by atoms with Crippen molar-refractivity contribution in [2.75, 3.05) is 13.4 Å². The minimum Gasteiger partial charge on any atom is -0.495 e. The number of thiophene rings is 1. The van der Waals surface area contributed by atoms with Gasteiger partial charge >= 0.3 is 0 Å². The molecule has 0 atom stereocenters. The van der Waals surface area contributed by atoms with Gasteiger partial charge in [0.05, 0.1) is 29.6 Å². The number of imidazole rings is 1. The molecule has 0 unspecified atom stereocenters. The molecule has 3 aromatic rings. The smallest absolute Gasteiger partial charge is 0.172 e. The lowest BCUT2D eigenvalue weighted by Crippen LogP contribution is -2.00. The van der Waals surface area contributed by atoms with Gasteiger partial charge < -0.3 is 4.74 Å². The average molecular weight is 302 g/mol. The van der Waals surface area contributed by atoms with Gasteiger partial charge in [-0.2, -0.15) is 0 Å². The Labute approximate surface area is 126 Å². The molecule has 0 saturated carbocycles. The van der Waals surface area contributed by atoms with Gasteiger partial charge in [0.15, 0.2) is 5.16 Å². The van der Waals surface area contributed by atoms with Crippen molar-refractivity contribution in [3.63, 3.8) is 0 Å². The van der Waals surface area contributed by atoms with Crippen molar-refractivity contribution in [1.82, 2.24) is 9.55 Å². The number of para-hydroxylation sites is 2. The van der Waals surface area contributed by atoms with Crippen LogP contribution in [-0.4, -0.2) is 22.9 Å². The topological polar surface area (TPSA) is 27.1 Å². The lowest BCUT2D eigenvalue weighted by Gasteiger charge is -2.13. The molecule has 0 spiro atoms. The summed E-state index contributed by atoms with van der Waals surface area (Å²) in [5, 5.41) is 3.03. The highest BCUT2D eigenvalue weighted by Crippen LogP contribution is 2.34. The summed E-state index contributed by atoms with van der Waals surface area (Å²) in [6, 6.07) is 12.2. The number of benzene rings is 1. The molecule has 0 amide bonds. The fraction of sp³-hybridized carbons (Fsp3) is 0.133. The summed E-state index contributed by atoms with van der Waals surface area (Å²) in [7, 11) is 1.69. The van der Waals surface area contributed by atoms with Crippen LogP contribution in [0, 0.1) is 0 Å². The number of nitrogens with zero attached hydrogens (tertiary/aromatic N) is 2. The molecule has 2 aromatic heterocycles. The highest BCUT2D eigenvalue weighted by atomic mass is 32.2. The van der Waals surface area contributed by atoms with Crippen LogP contribution in [0.4, 0.5) is 0 Å². The maximum Gasteiger partial charge on any atom is 0.172 e. The van der Waals surface area contributed by atoms with Crippen molar-refractivity contribution in [3.05, 3.63) is 48.0 Å². The lowest BCUT2D eigenvalue weighted by molar-refractivity contribution is 0.412. The van der Waals surface area contributed by atoms with E-state index < -0.39 is 0 Å². The first-order chi connectivity index (χ1) is 9.85. The minimum absolute atomic E-state index is 0.846. The van der Waals surface area contributed by atoms with E-state index in [1.165, 1.54) is 4.88 Å². The van der Waals surface area contributed by atoms with Crippen LogP contribution in [0.2, 0.25) is 0 Å². The number of hydrogen-bond acceptors (Lipinski definition) is 4. The number of hydrogen-bond donors (Lipinski definition) is 0. The Morgan fingerprint density at radius 2 is 2.05 bits per heavy atom. The number of methoxy groups -OCH3 is 1. The van der Waals surface area contributed by atoms with Crippen molar-refractivity contribution in [1.29, 1.82) is 0 Å². The third-order valence-electron chi connectivity index (χ3n) is 3.01. The normalized spacial score (nSPS) is 10.7. The standard InChI is InChI=1S/C15H14N2OS2/c1-18-13-7-4-3-6-11(13)17-12(10-16-15(17)19-2)14-8-5-9-20-14/h3-10H,1-2H3. The van der Waals surface area contributed by atoms with Crippen LogP contribution in [0.15, 0.2) is 53.1 Å². The Kier molecular flexibility index (Phi) is 3.80. The number of aromatic nitrogens is 2. The lowest BCUT2D eigenvalue weighted by atomic mass is 10.2. The van der Waals surface area contributed by atoms with E-state index in [9.17, 15) is 0 Å². The first kappa shape index (κ1) is 13.3. The molecule has 3 nitrogen and oxygen atoms in total. The second kappa shape index (κ2) is 5.73. The summed E-state index contributed by atoms with van der Waals surface area (Å²) in [5.74, 6) is 0.846. The monoisotopic (exact) mass is 302 g/mol. The Morgan fingerprint density at radius 1 is 1.20 bits per heavy atom. The molecule has 1 aromatic carbocycles. The van der Waals surface area contributed by atoms with E-state index in [0.717, 1.165) is 22.3 Å². The van der Waals surface area contributed by atoms with Crippen molar-refractivity contribution in [3.8, 4) is 22.0 Å². The second-order valence-corrected chi connectivity index (χ2v) is 5.84. The molecule has 20 heavy (non-hydrogen) atoms. The van der Waals surface area contributed by atoms with E-state index in [4.69, 9.17) is 4.74 Å². The fourth-order valence-electron chi connectivity index (χ4n) is 2.12. The molecular formula is C15H14N2OS2. The number of rotatable bonds is 4. The average Bonchev–Trinajstić information content (AvgIpc) is 3.15. The molecule has 0 radical (unpaired) electrons. The maximum atomic E-state index is 5.49. The van der Waals surface area contributed by atoms with E-state index in [-0.39, 0.29) is 0 Å². The zero-order valence-electron chi connectivity index (χ0n) is 11.2. The van der Waals surface area contributed by atoms with E-state index in [1.54, 1.807) is 30.2 Å².